The number of aromatic nitrogens is 1. The Bertz CT molecular complexity index is 442. The zero-order chi connectivity index (χ0) is 15.3. The van der Waals surface area contributed by atoms with Crippen molar-refractivity contribution in [2.24, 2.45) is 0 Å². The van der Waals surface area contributed by atoms with Crippen molar-refractivity contribution in [3.63, 3.8) is 0 Å². The molecule has 1 heterocycles. The Morgan fingerprint density at radius 3 is 2.86 bits per heavy atom. The summed E-state index contributed by atoms with van der Waals surface area (Å²) < 4.78 is 5.32. The number of rotatable bonds is 4. The van der Waals surface area contributed by atoms with Crippen molar-refractivity contribution in [3.05, 3.63) is 16.6 Å². The van der Waals surface area contributed by atoms with Crippen LogP contribution in [0.2, 0.25) is 0 Å². The lowest BCUT2D eigenvalue weighted by Crippen LogP contribution is -2.45. The van der Waals surface area contributed by atoms with E-state index in [0.29, 0.717) is 6.04 Å². The van der Waals surface area contributed by atoms with Crippen molar-refractivity contribution < 1.29 is 9.53 Å². The Morgan fingerprint density at radius 1 is 1.43 bits per heavy atom. The maximum atomic E-state index is 11.8. The van der Waals surface area contributed by atoms with Gasteiger partial charge in [-0.25, -0.2) is 4.79 Å². The smallest absolute Gasteiger partial charge is 0.407 e. The molecule has 0 aromatic carbocycles. The fourth-order valence-electron chi connectivity index (χ4n) is 2.55. The Morgan fingerprint density at radius 2 is 2.19 bits per heavy atom. The van der Waals surface area contributed by atoms with Gasteiger partial charge in [0.05, 0.1) is 5.51 Å². The number of ether oxygens (including phenoxy) is 1. The molecule has 0 saturated heterocycles. The highest BCUT2D eigenvalue weighted by Crippen LogP contribution is 2.20. The number of nitrogens with zero attached hydrogens (tertiary/aromatic N) is 1. The van der Waals surface area contributed by atoms with E-state index < -0.39 is 5.60 Å². The van der Waals surface area contributed by atoms with Gasteiger partial charge >= 0.3 is 6.09 Å². The van der Waals surface area contributed by atoms with Crippen LogP contribution in [0.5, 0.6) is 0 Å². The van der Waals surface area contributed by atoms with E-state index in [1.807, 2.05) is 32.5 Å². The molecule has 1 fully saturated rings. The minimum atomic E-state index is -0.442. The third-order valence-electron chi connectivity index (χ3n) is 3.44. The topological polar surface area (TPSA) is 63.2 Å². The molecule has 0 aliphatic heterocycles. The van der Waals surface area contributed by atoms with Crippen molar-refractivity contribution in [3.8, 4) is 0 Å². The largest absolute Gasteiger partial charge is 0.444 e. The normalized spacial score (nSPS) is 22.8. The minimum absolute atomic E-state index is 0.201. The van der Waals surface area contributed by atoms with E-state index >= 15 is 0 Å². The van der Waals surface area contributed by atoms with E-state index in [1.165, 1.54) is 4.88 Å². The van der Waals surface area contributed by atoms with Gasteiger partial charge in [-0.15, -0.1) is 11.3 Å². The second-order valence-corrected chi connectivity index (χ2v) is 7.53. The SMILES string of the molecule is CC(C)(C)OC(=O)N[C@H]1CCC[C@H](NCc2cncs2)C1. The average Bonchev–Trinajstić information content (AvgIpc) is 2.87. The zero-order valence-electron chi connectivity index (χ0n) is 13.0. The molecule has 0 unspecified atom stereocenters. The van der Waals surface area contributed by atoms with E-state index in [9.17, 15) is 4.79 Å². The zero-order valence-corrected chi connectivity index (χ0v) is 13.8. The number of hydrogen-bond acceptors (Lipinski definition) is 5. The van der Waals surface area contributed by atoms with Gasteiger partial charge in [-0.2, -0.15) is 0 Å². The van der Waals surface area contributed by atoms with Crippen LogP contribution >= 0.6 is 11.3 Å². The molecule has 118 valence electrons. The Kier molecular flexibility index (Phi) is 5.58. The molecule has 2 N–H and O–H groups in total. The number of alkyl carbamates (subject to hydrolysis) is 1. The lowest BCUT2D eigenvalue weighted by molar-refractivity contribution is 0.0488. The van der Waals surface area contributed by atoms with Gasteiger partial charge in [0.25, 0.3) is 0 Å². The molecule has 1 aromatic heterocycles. The molecule has 1 saturated carbocycles. The summed E-state index contributed by atoms with van der Waals surface area (Å²) >= 11 is 1.67. The Labute approximate surface area is 130 Å². The number of carbonyl (C=O) groups is 1. The molecule has 2 rings (SSSR count). The first-order valence-corrected chi connectivity index (χ1v) is 8.40. The second kappa shape index (κ2) is 7.22. The highest BCUT2D eigenvalue weighted by molar-refractivity contribution is 7.09. The van der Waals surface area contributed by atoms with Gasteiger partial charge in [0.1, 0.15) is 5.60 Å². The van der Waals surface area contributed by atoms with Crippen LogP contribution in [0.15, 0.2) is 11.7 Å². The maximum absolute atomic E-state index is 11.8. The van der Waals surface area contributed by atoms with E-state index in [4.69, 9.17) is 4.74 Å². The van der Waals surface area contributed by atoms with Gasteiger partial charge in [-0.3, -0.25) is 4.98 Å². The predicted molar refractivity (Wildman–Crippen MR) is 84.4 cm³/mol. The first-order chi connectivity index (χ1) is 9.92. The summed E-state index contributed by atoms with van der Waals surface area (Å²) in [5.74, 6) is 0. The average molecular weight is 311 g/mol. The summed E-state index contributed by atoms with van der Waals surface area (Å²) in [6.07, 6.45) is 5.86. The molecule has 0 spiro atoms. The van der Waals surface area contributed by atoms with Crippen LogP contribution in [0.3, 0.4) is 0 Å². The van der Waals surface area contributed by atoms with Crippen LogP contribution in [0, 0.1) is 0 Å². The van der Waals surface area contributed by atoms with Crippen LogP contribution in [0.1, 0.15) is 51.3 Å². The molecule has 21 heavy (non-hydrogen) atoms. The lowest BCUT2D eigenvalue weighted by atomic mass is 9.91. The van der Waals surface area contributed by atoms with Crippen molar-refractivity contribution >= 4 is 17.4 Å². The van der Waals surface area contributed by atoms with Gasteiger partial charge in [-0.05, 0) is 46.5 Å². The highest BCUT2D eigenvalue weighted by atomic mass is 32.1. The molecular weight excluding hydrogens is 286 g/mol. The summed E-state index contributed by atoms with van der Waals surface area (Å²) in [7, 11) is 0. The first kappa shape index (κ1) is 16.2. The van der Waals surface area contributed by atoms with E-state index in [2.05, 4.69) is 15.6 Å². The third-order valence-corrected chi connectivity index (χ3v) is 4.22. The van der Waals surface area contributed by atoms with E-state index in [-0.39, 0.29) is 12.1 Å². The Hall–Kier alpha value is -1.14. The summed E-state index contributed by atoms with van der Waals surface area (Å²) in [6, 6.07) is 0.647. The minimum Gasteiger partial charge on any atom is -0.444 e. The van der Waals surface area contributed by atoms with Gasteiger partial charge < -0.3 is 15.4 Å². The summed E-state index contributed by atoms with van der Waals surface area (Å²) in [6.45, 7) is 6.50. The number of amides is 1. The molecule has 1 aliphatic rings. The quantitative estimate of drug-likeness (QED) is 0.897. The summed E-state index contributed by atoms with van der Waals surface area (Å²) in [5.41, 5.74) is 1.41. The van der Waals surface area contributed by atoms with Crippen LogP contribution < -0.4 is 10.6 Å². The molecular formula is C15H25N3O2S. The van der Waals surface area contributed by atoms with Crippen molar-refractivity contribution in [1.82, 2.24) is 15.6 Å². The second-order valence-electron chi connectivity index (χ2n) is 6.56. The van der Waals surface area contributed by atoms with Crippen molar-refractivity contribution in [2.45, 2.75) is 70.7 Å². The number of hydrogen-bond donors (Lipinski definition) is 2. The third kappa shape index (κ3) is 6.01. The molecule has 0 radical (unpaired) electrons. The summed E-state index contributed by atoms with van der Waals surface area (Å²) in [5, 5.41) is 6.54. The van der Waals surface area contributed by atoms with Crippen LogP contribution in [0.4, 0.5) is 4.79 Å². The number of nitrogens with one attached hydrogen (secondary N) is 2. The van der Waals surface area contributed by atoms with Gasteiger partial charge in [0, 0.05) is 29.7 Å². The van der Waals surface area contributed by atoms with Crippen LogP contribution in [-0.4, -0.2) is 28.8 Å². The standard InChI is InChI=1S/C15H25N3O2S/c1-15(2,3)20-14(19)18-12-6-4-5-11(7-12)17-9-13-8-16-10-21-13/h8,10-12,17H,4-7,9H2,1-3H3,(H,18,19)/t11-,12-/m0/s1. The van der Waals surface area contributed by atoms with E-state index in [1.54, 1.807) is 11.3 Å². The van der Waals surface area contributed by atoms with Gasteiger partial charge in [0.15, 0.2) is 0 Å². The van der Waals surface area contributed by atoms with E-state index in [0.717, 1.165) is 32.2 Å². The lowest BCUT2D eigenvalue weighted by Gasteiger charge is -2.31. The monoisotopic (exact) mass is 311 g/mol. The van der Waals surface area contributed by atoms with Crippen LogP contribution in [-0.2, 0) is 11.3 Å². The fraction of sp³-hybridized carbons (Fsp3) is 0.733. The molecule has 1 aromatic rings. The van der Waals surface area contributed by atoms with Crippen molar-refractivity contribution in [2.75, 3.05) is 0 Å². The van der Waals surface area contributed by atoms with Crippen molar-refractivity contribution in [1.29, 1.82) is 0 Å². The molecule has 0 bridgehead atoms. The van der Waals surface area contributed by atoms with Gasteiger partial charge in [-0.1, -0.05) is 0 Å². The predicted octanol–water partition coefficient (Wildman–Crippen LogP) is 3.07. The number of thiazole rings is 1. The molecule has 6 heteroatoms. The van der Waals surface area contributed by atoms with Crippen LogP contribution in [0.25, 0.3) is 0 Å². The molecule has 2 atom stereocenters. The van der Waals surface area contributed by atoms with Gasteiger partial charge in [0.2, 0.25) is 0 Å². The number of carbonyl (C=O) groups excluding carboxylic acids is 1. The molecule has 5 nitrogen and oxygen atoms in total. The Balaban J connectivity index is 1.74. The fourth-order valence-corrected chi connectivity index (χ4v) is 3.10. The maximum Gasteiger partial charge on any atom is 0.407 e. The molecule has 1 aliphatic carbocycles. The molecule has 1 amide bonds. The highest BCUT2D eigenvalue weighted by Gasteiger charge is 2.25. The summed E-state index contributed by atoms with van der Waals surface area (Å²) in [4.78, 5) is 17.1. The first-order valence-electron chi connectivity index (χ1n) is 7.52.